The van der Waals surface area contributed by atoms with Gasteiger partial charge in [-0.25, -0.2) is 0 Å². The number of carbonyl (C=O) groups is 2. The van der Waals surface area contributed by atoms with E-state index in [1.54, 1.807) is 7.05 Å². The van der Waals surface area contributed by atoms with E-state index >= 15 is 0 Å². The van der Waals surface area contributed by atoms with Crippen LogP contribution in [0, 0.1) is 0 Å². The third-order valence-electron chi connectivity index (χ3n) is 0.328. The van der Waals surface area contributed by atoms with Gasteiger partial charge in [-0.15, -0.1) is 0 Å². The van der Waals surface area contributed by atoms with Crippen LogP contribution in [-0.4, -0.2) is 30.5 Å². The van der Waals surface area contributed by atoms with Gasteiger partial charge in [0.25, 0.3) is 0 Å². The number of carboxylic acid groups (broad SMARTS) is 1. The Labute approximate surface area is 60.2 Å². The van der Waals surface area contributed by atoms with Crippen LogP contribution in [0.1, 0.15) is 13.8 Å². The fourth-order valence-corrected chi connectivity index (χ4v) is 0.151. The topological polar surface area (TPSA) is 66.4 Å². The molecule has 0 fully saturated rings. The van der Waals surface area contributed by atoms with E-state index in [-0.39, 0.29) is 12.3 Å². The number of carboxylic acids is 1. The summed E-state index contributed by atoms with van der Waals surface area (Å²) in [6.45, 7) is 3.10. The molecule has 2 N–H and O–H groups in total. The molecule has 0 saturated carbocycles. The van der Waals surface area contributed by atoms with Gasteiger partial charge >= 0.3 is 5.97 Å². The lowest BCUT2D eigenvalue weighted by atomic mass is 10.6. The predicted octanol–water partition coefficient (Wildman–Crippen LogP) is -0.114. The van der Waals surface area contributed by atoms with Gasteiger partial charge in [-0.1, -0.05) is 0 Å². The predicted molar refractivity (Wildman–Crippen MR) is 37.9 cm³/mol. The maximum atomic E-state index is 9.54. The van der Waals surface area contributed by atoms with Crippen molar-refractivity contribution in [3.63, 3.8) is 0 Å². The number of hydrogen-bond donors (Lipinski definition) is 2. The van der Waals surface area contributed by atoms with Gasteiger partial charge in [-0.3, -0.25) is 4.79 Å². The Morgan fingerprint density at radius 3 is 1.70 bits per heavy atom. The van der Waals surface area contributed by atoms with Gasteiger partial charge in [0.05, 0.1) is 6.54 Å². The molecule has 0 amide bonds. The van der Waals surface area contributed by atoms with Crippen LogP contribution in [0.25, 0.3) is 0 Å². The largest absolute Gasteiger partial charge is 0.480 e. The molecule has 0 spiro atoms. The van der Waals surface area contributed by atoms with E-state index in [4.69, 9.17) is 5.11 Å². The fraction of sp³-hybridized carbons (Fsp3) is 0.667. The smallest absolute Gasteiger partial charge is 0.317 e. The monoisotopic (exact) mass is 147 g/mol. The van der Waals surface area contributed by atoms with E-state index in [9.17, 15) is 9.59 Å². The van der Waals surface area contributed by atoms with Crippen molar-refractivity contribution in [3.05, 3.63) is 0 Å². The van der Waals surface area contributed by atoms with Gasteiger partial charge in [0, 0.05) is 0 Å². The molecule has 0 saturated heterocycles. The lowest BCUT2D eigenvalue weighted by Gasteiger charge is -1.84. The molecule has 0 rings (SSSR count). The molecule has 0 aromatic carbocycles. The minimum Gasteiger partial charge on any atom is -0.480 e. The van der Waals surface area contributed by atoms with Gasteiger partial charge in [-0.2, -0.15) is 0 Å². The molecule has 10 heavy (non-hydrogen) atoms. The maximum absolute atomic E-state index is 9.54. The molecule has 0 unspecified atom stereocenters. The molecule has 0 heterocycles. The Hall–Kier alpha value is -0.900. The first-order chi connectivity index (χ1) is 4.50. The summed E-state index contributed by atoms with van der Waals surface area (Å²) in [5, 5.41) is 10.3. The number of likely N-dealkylation sites (N-methyl/N-ethyl adjacent to an activating group) is 1. The van der Waals surface area contributed by atoms with Crippen molar-refractivity contribution >= 4 is 11.8 Å². The van der Waals surface area contributed by atoms with Crippen LogP contribution < -0.4 is 5.32 Å². The summed E-state index contributed by atoms with van der Waals surface area (Å²) in [5.74, 6) is -0.655. The van der Waals surface area contributed by atoms with E-state index in [1.807, 2.05) is 0 Å². The summed E-state index contributed by atoms with van der Waals surface area (Å²) in [7, 11) is 1.59. The summed E-state index contributed by atoms with van der Waals surface area (Å²) in [6, 6.07) is 0. The van der Waals surface area contributed by atoms with Crippen LogP contribution in [0.2, 0.25) is 0 Å². The average Bonchev–Trinajstić information content (AvgIpc) is 1.62. The van der Waals surface area contributed by atoms with Crippen LogP contribution >= 0.6 is 0 Å². The van der Waals surface area contributed by atoms with Crippen molar-refractivity contribution < 1.29 is 14.7 Å². The van der Waals surface area contributed by atoms with E-state index in [2.05, 4.69) is 5.32 Å². The van der Waals surface area contributed by atoms with Crippen LogP contribution in [0.5, 0.6) is 0 Å². The van der Waals surface area contributed by atoms with Crippen LogP contribution in [-0.2, 0) is 9.59 Å². The van der Waals surface area contributed by atoms with Gasteiger partial charge in [-0.05, 0) is 20.9 Å². The molecule has 0 radical (unpaired) electrons. The van der Waals surface area contributed by atoms with Crippen molar-refractivity contribution in [2.75, 3.05) is 13.6 Å². The number of ketones is 1. The fourth-order valence-electron chi connectivity index (χ4n) is 0.151. The maximum Gasteiger partial charge on any atom is 0.317 e. The molecule has 0 atom stereocenters. The van der Waals surface area contributed by atoms with Crippen molar-refractivity contribution in [2.45, 2.75) is 13.8 Å². The molecule has 4 nitrogen and oxygen atoms in total. The first-order valence-corrected chi connectivity index (χ1v) is 2.84. The lowest BCUT2D eigenvalue weighted by molar-refractivity contribution is -0.135. The van der Waals surface area contributed by atoms with Gasteiger partial charge in [0.2, 0.25) is 0 Å². The van der Waals surface area contributed by atoms with Crippen molar-refractivity contribution in [1.82, 2.24) is 5.32 Å². The highest BCUT2D eigenvalue weighted by Crippen LogP contribution is 1.51. The van der Waals surface area contributed by atoms with E-state index < -0.39 is 5.97 Å². The summed E-state index contributed by atoms with van der Waals surface area (Å²) in [6.07, 6.45) is 0. The van der Waals surface area contributed by atoms with Gasteiger partial charge in [0.1, 0.15) is 5.78 Å². The Morgan fingerprint density at radius 2 is 1.70 bits per heavy atom. The Bertz CT molecular complexity index is 108. The number of Topliss-reactive ketones (excluding diaryl/α,β-unsaturated/α-hetero) is 1. The van der Waals surface area contributed by atoms with Gasteiger partial charge < -0.3 is 15.2 Å². The molecule has 60 valence electrons. The third kappa shape index (κ3) is 59.9. The zero-order valence-corrected chi connectivity index (χ0v) is 6.47. The SMILES string of the molecule is CC(C)=O.CNCC(=O)O. The van der Waals surface area contributed by atoms with Crippen LogP contribution in [0.15, 0.2) is 0 Å². The van der Waals surface area contributed by atoms with Crippen LogP contribution in [0.3, 0.4) is 0 Å². The van der Waals surface area contributed by atoms with Crippen molar-refractivity contribution in [2.24, 2.45) is 0 Å². The summed E-state index contributed by atoms with van der Waals surface area (Å²) in [4.78, 5) is 19.0. The second-order valence-corrected chi connectivity index (χ2v) is 1.83. The highest BCUT2D eigenvalue weighted by Gasteiger charge is 1.86. The molecule has 0 bridgehead atoms. The molecule has 0 aromatic heterocycles. The Kier molecular flexibility index (Phi) is 9.59. The standard InChI is InChI=1S/C3H7NO2.C3H6O/c1-4-2-3(5)6;1-3(2)4/h4H,2H2,1H3,(H,5,6);1-2H3. The zero-order chi connectivity index (χ0) is 8.57. The quantitative estimate of drug-likeness (QED) is 0.571. The van der Waals surface area contributed by atoms with E-state index in [0.29, 0.717) is 0 Å². The zero-order valence-electron chi connectivity index (χ0n) is 6.47. The molecule has 0 aliphatic heterocycles. The molecule has 0 aliphatic carbocycles. The Balaban J connectivity index is 0. The number of carbonyl (C=O) groups excluding carboxylic acids is 1. The number of nitrogens with one attached hydrogen (secondary N) is 1. The second kappa shape index (κ2) is 8.10. The molecule has 4 heteroatoms. The molecule has 0 aromatic rings. The summed E-state index contributed by atoms with van der Waals surface area (Å²) >= 11 is 0. The van der Waals surface area contributed by atoms with Crippen molar-refractivity contribution in [1.29, 1.82) is 0 Å². The number of aliphatic carboxylic acids is 1. The number of rotatable bonds is 2. The summed E-state index contributed by atoms with van der Waals surface area (Å²) < 4.78 is 0. The van der Waals surface area contributed by atoms with Crippen molar-refractivity contribution in [3.8, 4) is 0 Å². The lowest BCUT2D eigenvalue weighted by Crippen LogP contribution is -2.16. The first kappa shape index (κ1) is 11.8. The highest BCUT2D eigenvalue weighted by atomic mass is 16.4. The summed E-state index contributed by atoms with van der Waals surface area (Å²) in [5.41, 5.74) is 0. The van der Waals surface area contributed by atoms with E-state index in [0.717, 1.165) is 0 Å². The minimum absolute atomic E-state index is 0.0417. The molecular weight excluding hydrogens is 134 g/mol. The van der Waals surface area contributed by atoms with E-state index in [1.165, 1.54) is 13.8 Å². The minimum atomic E-state index is -0.822. The second-order valence-electron chi connectivity index (χ2n) is 1.83. The molecular formula is C6H13NO3. The normalized spacial score (nSPS) is 7.50. The highest BCUT2D eigenvalue weighted by molar-refractivity contribution is 5.72. The average molecular weight is 147 g/mol. The Morgan fingerprint density at radius 1 is 1.40 bits per heavy atom. The number of hydrogen-bond acceptors (Lipinski definition) is 3. The van der Waals surface area contributed by atoms with Crippen LogP contribution in [0.4, 0.5) is 0 Å². The third-order valence-corrected chi connectivity index (χ3v) is 0.328. The molecule has 0 aliphatic rings. The van der Waals surface area contributed by atoms with Gasteiger partial charge in [0.15, 0.2) is 0 Å². The first-order valence-electron chi connectivity index (χ1n) is 2.84.